The third kappa shape index (κ3) is 4.48. The van der Waals surface area contributed by atoms with Crippen LogP contribution in [-0.2, 0) is 4.79 Å². The van der Waals surface area contributed by atoms with Crippen molar-refractivity contribution in [3.63, 3.8) is 0 Å². The Hall–Kier alpha value is -2.51. The molecule has 0 aliphatic carbocycles. The van der Waals surface area contributed by atoms with Crippen LogP contribution < -0.4 is 10.1 Å². The lowest BCUT2D eigenvalue weighted by molar-refractivity contribution is -0.384. The van der Waals surface area contributed by atoms with Crippen molar-refractivity contribution in [3.8, 4) is 11.5 Å². The molecule has 0 bridgehead atoms. The van der Waals surface area contributed by atoms with Crippen LogP contribution in [0.5, 0.6) is 11.5 Å². The molecule has 0 saturated heterocycles. The Labute approximate surface area is 140 Å². The van der Waals surface area contributed by atoms with Crippen molar-refractivity contribution >= 4 is 40.5 Å². The molecule has 0 heterocycles. The highest BCUT2D eigenvalue weighted by Gasteiger charge is 2.13. The van der Waals surface area contributed by atoms with Crippen molar-refractivity contribution in [1.82, 2.24) is 0 Å². The van der Waals surface area contributed by atoms with Gasteiger partial charge in [-0.15, -0.1) is 0 Å². The first-order valence-corrected chi connectivity index (χ1v) is 6.97. The Morgan fingerprint density at radius 1 is 1.26 bits per heavy atom. The van der Waals surface area contributed by atoms with Crippen LogP contribution in [-0.4, -0.2) is 22.5 Å². The van der Waals surface area contributed by atoms with Crippen molar-refractivity contribution in [1.29, 1.82) is 0 Å². The minimum absolute atomic E-state index is 0.0880. The Bertz CT molecular complexity index is 767. The number of non-ortho nitro benzene ring substituents is 1. The highest BCUT2D eigenvalue weighted by atomic mass is 35.5. The van der Waals surface area contributed by atoms with Crippen LogP contribution in [0.15, 0.2) is 36.4 Å². The van der Waals surface area contributed by atoms with Crippen molar-refractivity contribution in [2.45, 2.75) is 0 Å². The predicted molar refractivity (Wildman–Crippen MR) is 85.3 cm³/mol. The molecule has 7 nitrogen and oxygen atoms in total. The van der Waals surface area contributed by atoms with Gasteiger partial charge in [0.25, 0.3) is 11.6 Å². The SMILES string of the molecule is O=C(COc1ccc(Cl)cc1Cl)Nc1cc([N+](=O)[O-])ccc1O. The molecule has 0 unspecified atom stereocenters. The van der Waals surface area contributed by atoms with Crippen molar-refractivity contribution in [2.24, 2.45) is 0 Å². The van der Waals surface area contributed by atoms with Crippen molar-refractivity contribution in [2.75, 3.05) is 11.9 Å². The fourth-order valence-electron chi connectivity index (χ4n) is 1.66. The lowest BCUT2D eigenvalue weighted by Gasteiger charge is -2.10. The number of hydrogen-bond donors (Lipinski definition) is 2. The molecule has 23 heavy (non-hydrogen) atoms. The molecule has 1 amide bonds. The summed E-state index contributed by atoms with van der Waals surface area (Å²) in [5.41, 5.74) is -0.352. The van der Waals surface area contributed by atoms with E-state index in [1.165, 1.54) is 12.1 Å². The Kier molecular flexibility index (Phi) is 5.25. The molecule has 2 aromatic carbocycles. The average molecular weight is 357 g/mol. The molecule has 120 valence electrons. The van der Waals surface area contributed by atoms with E-state index in [4.69, 9.17) is 27.9 Å². The number of carbonyl (C=O) groups excluding carboxylic acids is 1. The lowest BCUT2D eigenvalue weighted by Crippen LogP contribution is -2.20. The van der Waals surface area contributed by atoms with E-state index in [-0.39, 0.29) is 27.9 Å². The zero-order valence-corrected chi connectivity index (χ0v) is 13.0. The van der Waals surface area contributed by atoms with E-state index in [1.54, 1.807) is 6.07 Å². The number of aromatic hydroxyl groups is 1. The third-order valence-corrected chi connectivity index (χ3v) is 3.25. The van der Waals surface area contributed by atoms with E-state index >= 15 is 0 Å². The van der Waals surface area contributed by atoms with Gasteiger partial charge < -0.3 is 15.2 Å². The molecule has 0 aliphatic heterocycles. The fourth-order valence-corrected chi connectivity index (χ4v) is 2.12. The summed E-state index contributed by atoms with van der Waals surface area (Å²) in [6.07, 6.45) is 0. The smallest absolute Gasteiger partial charge is 0.271 e. The second-order valence-electron chi connectivity index (χ2n) is 4.37. The molecular weight excluding hydrogens is 347 g/mol. The normalized spacial score (nSPS) is 10.2. The third-order valence-electron chi connectivity index (χ3n) is 2.72. The van der Waals surface area contributed by atoms with E-state index in [0.717, 1.165) is 18.2 Å². The van der Waals surface area contributed by atoms with E-state index < -0.39 is 17.4 Å². The van der Waals surface area contributed by atoms with E-state index in [2.05, 4.69) is 5.32 Å². The number of benzene rings is 2. The summed E-state index contributed by atoms with van der Waals surface area (Å²) in [6.45, 7) is -0.399. The van der Waals surface area contributed by atoms with Gasteiger partial charge in [0, 0.05) is 17.2 Å². The second-order valence-corrected chi connectivity index (χ2v) is 5.21. The summed E-state index contributed by atoms with van der Waals surface area (Å²) < 4.78 is 5.23. The van der Waals surface area contributed by atoms with Crippen LogP contribution in [0.4, 0.5) is 11.4 Å². The number of nitrogens with zero attached hydrogens (tertiary/aromatic N) is 1. The number of nitro groups is 1. The van der Waals surface area contributed by atoms with Gasteiger partial charge >= 0.3 is 0 Å². The van der Waals surface area contributed by atoms with Gasteiger partial charge in [-0.1, -0.05) is 23.2 Å². The van der Waals surface area contributed by atoms with Gasteiger partial charge in [0.1, 0.15) is 11.5 Å². The highest BCUT2D eigenvalue weighted by Crippen LogP contribution is 2.29. The number of anilines is 1. The predicted octanol–water partition coefficient (Wildman–Crippen LogP) is 3.62. The van der Waals surface area contributed by atoms with Gasteiger partial charge in [0.05, 0.1) is 15.6 Å². The second kappa shape index (κ2) is 7.17. The highest BCUT2D eigenvalue weighted by molar-refractivity contribution is 6.35. The molecule has 0 aromatic heterocycles. The minimum Gasteiger partial charge on any atom is -0.506 e. The number of ether oxygens (including phenoxy) is 1. The zero-order chi connectivity index (χ0) is 17.0. The maximum atomic E-state index is 11.8. The summed E-state index contributed by atoms with van der Waals surface area (Å²) in [6, 6.07) is 7.79. The van der Waals surface area contributed by atoms with Gasteiger partial charge in [0.2, 0.25) is 0 Å². The monoisotopic (exact) mass is 356 g/mol. The Balaban J connectivity index is 2.02. The maximum absolute atomic E-state index is 11.8. The largest absolute Gasteiger partial charge is 0.506 e. The zero-order valence-electron chi connectivity index (χ0n) is 11.5. The van der Waals surface area contributed by atoms with Gasteiger partial charge in [-0.05, 0) is 24.3 Å². The first-order valence-electron chi connectivity index (χ1n) is 6.22. The molecule has 9 heteroatoms. The molecule has 0 saturated carbocycles. The van der Waals surface area contributed by atoms with Crippen LogP contribution >= 0.6 is 23.2 Å². The maximum Gasteiger partial charge on any atom is 0.271 e. The molecule has 0 radical (unpaired) electrons. The number of hydrogen-bond acceptors (Lipinski definition) is 5. The van der Waals surface area contributed by atoms with E-state index in [9.17, 15) is 20.0 Å². The summed E-state index contributed by atoms with van der Waals surface area (Å²) in [7, 11) is 0. The van der Waals surface area contributed by atoms with E-state index in [1.807, 2.05) is 0 Å². The molecule has 0 fully saturated rings. The van der Waals surface area contributed by atoms with Crippen molar-refractivity contribution in [3.05, 3.63) is 56.6 Å². The molecular formula is C14H10Cl2N2O5. The van der Waals surface area contributed by atoms with Crippen LogP contribution in [0.2, 0.25) is 10.0 Å². The van der Waals surface area contributed by atoms with Crippen LogP contribution in [0.25, 0.3) is 0 Å². The molecule has 2 aromatic rings. The Morgan fingerprint density at radius 2 is 2.00 bits per heavy atom. The quantitative estimate of drug-likeness (QED) is 0.483. The molecule has 2 rings (SSSR count). The number of amides is 1. The first-order chi connectivity index (χ1) is 10.9. The number of phenolic OH excluding ortho intramolecular Hbond substituents is 1. The van der Waals surface area contributed by atoms with Gasteiger partial charge in [0.15, 0.2) is 6.61 Å². The summed E-state index contributed by atoms with van der Waals surface area (Å²) >= 11 is 11.6. The van der Waals surface area contributed by atoms with Crippen LogP contribution in [0, 0.1) is 10.1 Å². The number of carbonyl (C=O) groups is 1. The average Bonchev–Trinajstić information content (AvgIpc) is 2.48. The first kappa shape index (κ1) is 16.9. The fraction of sp³-hybridized carbons (Fsp3) is 0.0714. The summed E-state index contributed by atoms with van der Waals surface area (Å²) in [4.78, 5) is 21.9. The molecule has 0 spiro atoms. The molecule has 2 N–H and O–H groups in total. The number of rotatable bonds is 5. The van der Waals surface area contributed by atoms with Gasteiger partial charge in [-0.3, -0.25) is 14.9 Å². The minimum atomic E-state index is -0.640. The number of nitrogens with one attached hydrogen (secondary N) is 1. The summed E-state index contributed by atoms with van der Waals surface area (Å²) in [5.74, 6) is -0.658. The number of nitro benzene ring substituents is 1. The Morgan fingerprint density at radius 3 is 2.65 bits per heavy atom. The molecule has 0 atom stereocenters. The molecule has 0 aliphatic rings. The van der Waals surface area contributed by atoms with Gasteiger partial charge in [-0.2, -0.15) is 0 Å². The van der Waals surface area contributed by atoms with E-state index in [0.29, 0.717) is 5.02 Å². The van der Waals surface area contributed by atoms with Crippen molar-refractivity contribution < 1.29 is 19.6 Å². The lowest BCUT2D eigenvalue weighted by atomic mass is 10.2. The standard InChI is InChI=1S/C14H10Cl2N2O5/c15-8-1-4-13(10(16)5-8)23-7-14(20)17-11-6-9(18(21)22)2-3-12(11)19/h1-6,19H,7H2,(H,17,20). The van der Waals surface area contributed by atoms with Crippen LogP contribution in [0.1, 0.15) is 0 Å². The number of phenols is 1. The summed E-state index contributed by atoms with van der Waals surface area (Å²) in [5, 5.41) is 23.3. The number of halogens is 2. The van der Waals surface area contributed by atoms with Crippen LogP contribution in [0.3, 0.4) is 0 Å². The topological polar surface area (TPSA) is 102 Å². The van der Waals surface area contributed by atoms with Gasteiger partial charge in [-0.25, -0.2) is 0 Å².